The fourth-order valence-electron chi connectivity index (χ4n) is 2.82. The van der Waals surface area contributed by atoms with Crippen LogP contribution >= 0.6 is 11.3 Å². The molecule has 0 aliphatic heterocycles. The third-order valence-electron chi connectivity index (χ3n) is 3.88. The van der Waals surface area contributed by atoms with E-state index >= 15 is 0 Å². The summed E-state index contributed by atoms with van der Waals surface area (Å²) in [4.78, 5) is 17.8. The number of hydrogen-bond donors (Lipinski definition) is 0. The zero-order valence-corrected chi connectivity index (χ0v) is 13.0. The molecule has 0 saturated heterocycles. The number of benzene rings is 1. The number of fused-ring (bicyclic) bond motifs is 1. The Kier molecular flexibility index (Phi) is 3.25. The smallest absolute Gasteiger partial charge is 0.175 e. The Labute approximate surface area is 123 Å². The van der Waals surface area contributed by atoms with Gasteiger partial charge in [0.25, 0.3) is 0 Å². The molecule has 3 rings (SSSR count). The van der Waals surface area contributed by atoms with Crippen molar-refractivity contribution in [2.24, 2.45) is 5.41 Å². The zero-order chi connectivity index (χ0) is 14.3. The molecule has 1 aliphatic rings. The van der Waals surface area contributed by atoms with Crippen LogP contribution in [0.25, 0.3) is 0 Å². The third-order valence-corrected chi connectivity index (χ3v) is 5.02. The minimum atomic E-state index is 0.0537. The first kappa shape index (κ1) is 13.5. The second kappa shape index (κ2) is 4.81. The van der Waals surface area contributed by atoms with Gasteiger partial charge in [0.2, 0.25) is 0 Å². The minimum absolute atomic E-state index is 0.0537. The van der Waals surface area contributed by atoms with Gasteiger partial charge in [0, 0.05) is 12.8 Å². The van der Waals surface area contributed by atoms with Crippen LogP contribution in [0.4, 0.5) is 0 Å². The Bertz CT molecular complexity index is 669. The van der Waals surface area contributed by atoms with Crippen LogP contribution in [-0.4, -0.2) is 10.8 Å². The Morgan fingerprint density at radius 3 is 2.75 bits per heavy atom. The van der Waals surface area contributed by atoms with Gasteiger partial charge in [0.15, 0.2) is 5.78 Å². The van der Waals surface area contributed by atoms with Crippen molar-refractivity contribution in [2.75, 3.05) is 0 Å². The van der Waals surface area contributed by atoms with Crippen LogP contribution in [0.5, 0.6) is 0 Å². The number of thiazole rings is 1. The van der Waals surface area contributed by atoms with Crippen molar-refractivity contribution in [3.05, 3.63) is 51.0 Å². The lowest BCUT2D eigenvalue weighted by Gasteiger charge is -2.26. The molecule has 2 aromatic rings. The molecule has 0 spiro atoms. The predicted octanol–water partition coefficient (Wildman–Crippen LogP) is 4.20. The van der Waals surface area contributed by atoms with E-state index in [4.69, 9.17) is 4.98 Å². The van der Waals surface area contributed by atoms with Crippen LogP contribution in [-0.2, 0) is 12.8 Å². The van der Waals surface area contributed by atoms with Crippen molar-refractivity contribution in [2.45, 2.75) is 40.0 Å². The van der Waals surface area contributed by atoms with E-state index in [9.17, 15) is 4.79 Å². The molecule has 3 heteroatoms. The number of aryl methyl sites for hydroxylation is 1. The van der Waals surface area contributed by atoms with Crippen LogP contribution in [0.2, 0.25) is 0 Å². The van der Waals surface area contributed by atoms with Crippen molar-refractivity contribution in [1.82, 2.24) is 4.98 Å². The molecule has 20 heavy (non-hydrogen) atoms. The topological polar surface area (TPSA) is 30.0 Å². The highest BCUT2D eigenvalue weighted by atomic mass is 32.1. The van der Waals surface area contributed by atoms with E-state index in [2.05, 4.69) is 45.0 Å². The number of hydrogen-bond acceptors (Lipinski definition) is 3. The van der Waals surface area contributed by atoms with Crippen LogP contribution < -0.4 is 0 Å². The van der Waals surface area contributed by atoms with Gasteiger partial charge in [0.1, 0.15) is 0 Å². The van der Waals surface area contributed by atoms with E-state index in [-0.39, 0.29) is 11.2 Å². The van der Waals surface area contributed by atoms with E-state index < -0.39 is 0 Å². The number of ketones is 1. The molecule has 0 bridgehead atoms. The zero-order valence-electron chi connectivity index (χ0n) is 12.2. The van der Waals surface area contributed by atoms with E-state index in [1.54, 1.807) is 11.3 Å². The SMILES string of the molecule is Cc1ccccc1Cc1nc2c(s1)C(=O)CC(C)(C)C2. The average Bonchev–Trinajstić information content (AvgIpc) is 2.73. The van der Waals surface area contributed by atoms with Gasteiger partial charge >= 0.3 is 0 Å². The number of carbonyl (C=O) groups excluding carboxylic acids is 1. The lowest BCUT2D eigenvalue weighted by atomic mass is 9.78. The third kappa shape index (κ3) is 2.55. The van der Waals surface area contributed by atoms with Crippen molar-refractivity contribution in [3.8, 4) is 0 Å². The highest BCUT2D eigenvalue weighted by Gasteiger charge is 2.33. The van der Waals surface area contributed by atoms with Gasteiger partial charge < -0.3 is 0 Å². The molecule has 0 fully saturated rings. The van der Waals surface area contributed by atoms with E-state index in [1.807, 2.05) is 0 Å². The van der Waals surface area contributed by atoms with Gasteiger partial charge in [-0.25, -0.2) is 4.98 Å². The molecule has 0 radical (unpaired) electrons. The molecular weight excluding hydrogens is 266 g/mol. The van der Waals surface area contributed by atoms with Gasteiger partial charge in [-0.1, -0.05) is 38.1 Å². The number of Topliss-reactive ketones (excluding diaryl/α,β-unsaturated/α-hetero) is 1. The normalized spacial score (nSPS) is 17.1. The molecule has 1 aromatic carbocycles. The fourth-order valence-corrected chi connectivity index (χ4v) is 3.86. The lowest BCUT2D eigenvalue weighted by molar-refractivity contribution is 0.0916. The first-order valence-electron chi connectivity index (χ1n) is 7.01. The summed E-state index contributed by atoms with van der Waals surface area (Å²) in [6, 6.07) is 8.38. The summed E-state index contributed by atoms with van der Waals surface area (Å²) < 4.78 is 0. The van der Waals surface area contributed by atoms with Gasteiger partial charge in [-0.15, -0.1) is 11.3 Å². The number of rotatable bonds is 2. The van der Waals surface area contributed by atoms with Crippen molar-refractivity contribution in [3.63, 3.8) is 0 Å². The first-order chi connectivity index (χ1) is 9.44. The van der Waals surface area contributed by atoms with Crippen LogP contribution in [0, 0.1) is 12.3 Å². The predicted molar refractivity (Wildman–Crippen MR) is 82.5 cm³/mol. The van der Waals surface area contributed by atoms with Crippen LogP contribution in [0.3, 0.4) is 0 Å². The van der Waals surface area contributed by atoms with Crippen LogP contribution in [0.1, 0.15) is 51.8 Å². The van der Waals surface area contributed by atoms with E-state index in [0.29, 0.717) is 6.42 Å². The lowest BCUT2D eigenvalue weighted by Crippen LogP contribution is -2.26. The van der Waals surface area contributed by atoms with Crippen LogP contribution in [0.15, 0.2) is 24.3 Å². The number of nitrogens with zero attached hydrogens (tertiary/aromatic N) is 1. The highest BCUT2D eigenvalue weighted by Crippen LogP contribution is 2.37. The number of aromatic nitrogens is 1. The standard InChI is InChI=1S/C17H19NOS/c1-11-6-4-5-7-12(11)8-15-18-13-9-17(2,3)10-14(19)16(13)20-15/h4-7H,8-10H2,1-3H3. The summed E-state index contributed by atoms with van der Waals surface area (Å²) in [5.41, 5.74) is 3.65. The summed E-state index contributed by atoms with van der Waals surface area (Å²) in [5.74, 6) is 0.268. The Morgan fingerprint density at radius 2 is 2.00 bits per heavy atom. The maximum atomic E-state index is 12.2. The molecule has 0 unspecified atom stereocenters. The molecule has 0 amide bonds. The number of carbonyl (C=O) groups is 1. The first-order valence-corrected chi connectivity index (χ1v) is 7.82. The Hall–Kier alpha value is -1.48. The van der Waals surface area contributed by atoms with Crippen molar-refractivity contribution < 1.29 is 4.79 Å². The van der Waals surface area contributed by atoms with Crippen molar-refractivity contribution >= 4 is 17.1 Å². The molecular formula is C17H19NOS. The van der Waals surface area contributed by atoms with E-state index in [1.165, 1.54) is 11.1 Å². The molecule has 0 atom stereocenters. The monoisotopic (exact) mass is 285 g/mol. The molecule has 104 valence electrons. The second-order valence-corrected chi connectivity index (χ2v) is 7.51. The second-order valence-electron chi connectivity index (χ2n) is 6.43. The van der Waals surface area contributed by atoms with Gasteiger partial charge in [-0.05, 0) is 29.9 Å². The van der Waals surface area contributed by atoms with Crippen molar-refractivity contribution in [1.29, 1.82) is 0 Å². The summed E-state index contributed by atoms with van der Waals surface area (Å²) >= 11 is 1.59. The molecule has 1 heterocycles. The van der Waals surface area contributed by atoms with Gasteiger partial charge in [-0.2, -0.15) is 0 Å². The minimum Gasteiger partial charge on any atom is -0.293 e. The van der Waals surface area contributed by atoms with E-state index in [0.717, 1.165) is 28.4 Å². The highest BCUT2D eigenvalue weighted by molar-refractivity contribution is 7.13. The molecule has 1 aromatic heterocycles. The average molecular weight is 285 g/mol. The summed E-state index contributed by atoms with van der Waals surface area (Å²) in [6.45, 7) is 6.42. The van der Waals surface area contributed by atoms with Gasteiger partial charge in [0.05, 0.1) is 15.6 Å². The maximum absolute atomic E-state index is 12.2. The summed E-state index contributed by atoms with van der Waals surface area (Å²) in [5, 5.41) is 1.07. The molecule has 1 aliphatic carbocycles. The van der Waals surface area contributed by atoms with Gasteiger partial charge in [-0.3, -0.25) is 4.79 Å². The fraction of sp³-hybridized carbons (Fsp3) is 0.412. The molecule has 2 nitrogen and oxygen atoms in total. The largest absolute Gasteiger partial charge is 0.293 e. The molecule has 0 saturated carbocycles. The quantitative estimate of drug-likeness (QED) is 0.828. The summed E-state index contributed by atoms with van der Waals surface area (Å²) in [7, 11) is 0. The Balaban J connectivity index is 1.91. The maximum Gasteiger partial charge on any atom is 0.175 e. The Morgan fingerprint density at radius 1 is 1.25 bits per heavy atom. The summed E-state index contributed by atoms with van der Waals surface area (Å²) in [6.07, 6.45) is 2.39. The molecule has 0 N–H and O–H groups in total.